The topological polar surface area (TPSA) is 49.7 Å². The largest absolute Gasteiger partial charge is 0.344 e. The summed E-state index contributed by atoms with van der Waals surface area (Å²) in [5.41, 5.74) is 0. The zero-order valence-electron chi connectivity index (χ0n) is 6.41. The second-order valence-electron chi connectivity index (χ2n) is 2.69. The number of likely N-dealkylation sites (tertiary alicyclic amines) is 1. The molecule has 0 spiro atoms. The number of isocyanates is 1. The van der Waals surface area contributed by atoms with Gasteiger partial charge in [-0.15, -0.1) is 0 Å². The van der Waals surface area contributed by atoms with Crippen LogP contribution in [-0.4, -0.2) is 36.5 Å². The van der Waals surface area contributed by atoms with Crippen molar-refractivity contribution in [3.05, 3.63) is 0 Å². The zero-order valence-corrected chi connectivity index (χ0v) is 6.41. The molecule has 1 rings (SSSR count). The molecule has 4 nitrogen and oxygen atoms in total. The fraction of sp³-hybridized carbons (Fsp3) is 0.714. The van der Waals surface area contributed by atoms with Gasteiger partial charge in [0.25, 0.3) is 0 Å². The molecule has 0 aliphatic carbocycles. The molecule has 0 aromatic carbocycles. The molecular formula is C7H10N2O2. The highest BCUT2D eigenvalue weighted by molar-refractivity contribution is 5.76. The minimum Gasteiger partial charge on any atom is -0.344 e. The van der Waals surface area contributed by atoms with Crippen LogP contribution in [-0.2, 0) is 9.59 Å². The Hall–Kier alpha value is -1.15. The van der Waals surface area contributed by atoms with E-state index in [0.717, 1.165) is 0 Å². The smallest absolute Gasteiger partial charge is 0.235 e. The summed E-state index contributed by atoms with van der Waals surface area (Å²) in [7, 11) is 1.72. The van der Waals surface area contributed by atoms with Gasteiger partial charge in [-0.05, 0) is 6.42 Å². The number of piperidine rings is 1. The summed E-state index contributed by atoms with van der Waals surface area (Å²) in [5.74, 6) is 0.127. The molecule has 1 heterocycles. The van der Waals surface area contributed by atoms with Crippen LogP contribution in [0.4, 0.5) is 0 Å². The van der Waals surface area contributed by atoms with Gasteiger partial charge in [0.2, 0.25) is 12.0 Å². The highest BCUT2D eigenvalue weighted by atomic mass is 16.2. The van der Waals surface area contributed by atoms with Gasteiger partial charge < -0.3 is 4.90 Å². The van der Waals surface area contributed by atoms with Crippen LogP contribution in [0.15, 0.2) is 4.99 Å². The van der Waals surface area contributed by atoms with Crippen molar-refractivity contribution in [1.82, 2.24) is 4.90 Å². The van der Waals surface area contributed by atoms with E-state index < -0.39 is 0 Å². The van der Waals surface area contributed by atoms with Crippen molar-refractivity contribution in [3.63, 3.8) is 0 Å². The quantitative estimate of drug-likeness (QED) is 0.392. The molecule has 0 aromatic rings. The maximum Gasteiger partial charge on any atom is 0.235 e. The van der Waals surface area contributed by atoms with Crippen LogP contribution in [0, 0.1) is 0 Å². The molecule has 11 heavy (non-hydrogen) atoms. The molecular weight excluding hydrogens is 144 g/mol. The molecule has 0 bridgehead atoms. The van der Waals surface area contributed by atoms with Crippen molar-refractivity contribution >= 4 is 12.0 Å². The van der Waals surface area contributed by atoms with E-state index >= 15 is 0 Å². The number of carbonyl (C=O) groups is 1. The molecule has 0 saturated carbocycles. The first kappa shape index (κ1) is 7.95. The van der Waals surface area contributed by atoms with Crippen LogP contribution in [0.25, 0.3) is 0 Å². The summed E-state index contributed by atoms with van der Waals surface area (Å²) in [4.78, 5) is 26.0. The van der Waals surface area contributed by atoms with E-state index in [1.54, 1.807) is 11.9 Å². The van der Waals surface area contributed by atoms with E-state index in [4.69, 9.17) is 0 Å². The lowest BCUT2D eigenvalue weighted by molar-refractivity contribution is -0.132. The number of aliphatic imine (C=N–C) groups is 1. The predicted molar refractivity (Wildman–Crippen MR) is 38.8 cm³/mol. The van der Waals surface area contributed by atoms with Crippen LogP contribution in [0.1, 0.15) is 12.8 Å². The SMILES string of the molecule is CN1CC(N=C=O)CCC1=O. The van der Waals surface area contributed by atoms with Crippen LogP contribution < -0.4 is 0 Å². The molecule has 1 fully saturated rings. The average molecular weight is 154 g/mol. The van der Waals surface area contributed by atoms with E-state index in [-0.39, 0.29) is 11.9 Å². The van der Waals surface area contributed by atoms with Crippen molar-refractivity contribution in [2.75, 3.05) is 13.6 Å². The fourth-order valence-electron chi connectivity index (χ4n) is 1.17. The van der Waals surface area contributed by atoms with Crippen LogP contribution in [0.2, 0.25) is 0 Å². The number of carbonyl (C=O) groups excluding carboxylic acids is 2. The lowest BCUT2D eigenvalue weighted by Crippen LogP contribution is -2.38. The monoisotopic (exact) mass is 154 g/mol. The van der Waals surface area contributed by atoms with E-state index in [1.165, 1.54) is 6.08 Å². The first-order valence-corrected chi connectivity index (χ1v) is 3.55. The molecule has 4 heteroatoms. The maximum atomic E-state index is 10.9. The maximum absolute atomic E-state index is 10.9. The third-order valence-electron chi connectivity index (χ3n) is 1.84. The standard InChI is InChI=1S/C7H10N2O2/c1-9-4-6(8-5-10)2-3-7(9)11/h6H,2-4H2,1H3. The van der Waals surface area contributed by atoms with Gasteiger partial charge in [0.15, 0.2) is 0 Å². The normalized spacial score (nSPS) is 24.6. The van der Waals surface area contributed by atoms with E-state index in [0.29, 0.717) is 19.4 Å². The van der Waals surface area contributed by atoms with Gasteiger partial charge in [0, 0.05) is 20.0 Å². The summed E-state index contributed by atoms with van der Waals surface area (Å²) in [5, 5.41) is 0. The third kappa shape index (κ3) is 1.88. The second-order valence-corrected chi connectivity index (χ2v) is 2.69. The molecule has 1 aliphatic rings. The van der Waals surface area contributed by atoms with Crippen molar-refractivity contribution in [2.24, 2.45) is 4.99 Å². The van der Waals surface area contributed by atoms with Gasteiger partial charge in [-0.25, -0.2) is 9.79 Å². The van der Waals surface area contributed by atoms with Gasteiger partial charge in [0.05, 0.1) is 6.04 Å². The van der Waals surface area contributed by atoms with Crippen molar-refractivity contribution in [3.8, 4) is 0 Å². The first-order valence-electron chi connectivity index (χ1n) is 3.55. The van der Waals surface area contributed by atoms with Crippen LogP contribution >= 0.6 is 0 Å². The molecule has 0 radical (unpaired) electrons. The number of hydrogen-bond acceptors (Lipinski definition) is 3. The summed E-state index contributed by atoms with van der Waals surface area (Å²) < 4.78 is 0. The number of amides is 1. The van der Waals surface area contributed by atoms with Crippen molar-refractivity contribution in [2.45, 2.75) is 18.9 Å². The first-order chi connectivity index (χ1) is 5.24. The Kier molecular flexibility index (Phi) is 2.39. The Morgan fingerprint density at radius 2 is 2.45 bits per heavy atom. The van der Waals surface area contributed by atoms with Gasteiger partial charge >= 0.3 is 0 Å². The third-order valence-corrected chi connectivity index (χ3v) is 1.84. The lowest BCUT2D eigenvalue weighted by Gasteiger charge is -2.25. The summed E-state index contributed by atoms with van der Waals surface area (Å²) >= 11 is 0. The average Bonchev–Trinajstić information content (AvgIpc) is 1.98. The van der Waals surface area contributed by atoms with Crippen LogP contribution in [0.5, 0.6) is 0 Å². The Morgan fingerprint density at radius 1 is 1.73 bits per heavy atom. The van der Waals surface area contributed by atoms with E-state index in [1.807, 2.05) is 0 Å². The summed E-state index contributed by atoms with van der Waals surface area (Å²) in [6.45, 7) is 0.550. The Labute approximate surface area is 64.9 Å². The number of likely N-dealkylation sites (N-methyl/N-ethyl adjacent to an activating group) is 1. The number of hydrogen-bond donors (Lipinski definition) is 0. The lowest BCUT2D eigenvalue weighted by atomic mass is 10.1. The molecule has 0 N–H and O–H groups in total. The van der Waals surface area contributed by atoms with Crippen LogP contribution in [0.3, 0.4) is 0 Å². The fourth-order valence-corrected chi connectivity index (χ4v) is 1.17. The van der Waals surface area contributed by atoms with Gasteiger partial charge in [-0.3, -0.25) is 4.79 Å². The Bertz CT molecular complexity index is 208. The number of rotatable bonds is 1. The Morgan fingerprint density at radius 3 is 3.00 bits per heavy atom. The van der Waals surface area contributed by atoms with Crippen molar-refractivity contribution in [1.29, 1.82) is 0 Å². The molecule has 0 aromatic heterocycles. The van der Waals surface area contributed by atoms with E-state index in [9.17, 15) is 9.59 Å². The summed E-state index contributed by atoms with van der Waals surface area (Å²) in [6, 6.07) is -0.0322. The highest BCUT2D eigenvalue weighted by Crippen LogP contribution is 2.11. The highest BCUT2D eigenvalue weighted by Gasteiger charge is 2.21. The predicted octanol–water partition coefficient (Wildman–Crippen LogP) is -0.0570. The molecule has 1 atom stereocenters. The summed E-state index contributed by atoms with van der Waals surface area (Å²) in [6.07, 6.45) is 2.68. The molecule has 1 unspecified atom stereocenters. The molecule has 1 amide bonds. The van der Waals surface area contributed by atoms with Gasteiger partial charge in [-0.1, -0.05) is 0 Å². The van der Waals surface area contributed by atoms with Gasteiger partial charge in [0.1, 0.15) is 0 Å². The second kappa shape index (κ2) is 3.30. The Balaban J connectivity index is 2.52. The van der Waals surface area contributed by atoms with Crippen molar-refractivity contribution < 1.29 is 9.59 Å². The van der Waals surface area contributed by atoms with Gasteiger partial charge in [-0.2, -0.15) is 0 Å². The van der Waals surface area contributed by atoms with E-state index in [2.05, 4.69) is 4.99 Å². The molecule has 1 aliphatic heterocycles. The minimum atomic E-state index is -0.0322. The zero-order chi connectivity index (χ0) is 8.27. The minimum absolute atomic E-state index is 0.0322. The molecule has 1 saturated heterocycles. The molecule has 60 valence electrons. The number of nitrogens with zero attached hydrogens (tertiary/aromatic N) is 2.